The van der Waals surface area contributed by atoms with Gasteiger partial charge in [-0.15, -0.1) is 0 Å². The number of rotatable bonds is 74. The highest BCUT2D eigenvalue weighted by atomic mass is 31.2. The SMILES string of the molecule is CCC(C)CCCCCCCCC(=O)OC[C@H](COP(=O)(O)OC[C@H](O)COP(=O)(O)OC[C@@H](COC(=O)CCCCCCCCCCCCCCCCCCC(C)C)OC(=O)CCCCCCCCCCCCCCCCC(C)C)OC(=O)CCCCCCCCC(C)CC. The lowest BCUT2D eigenvalue weighted by Gasteiger charge is -2.21. The fourth-order valence-corrected chi connectivity index (χ4v) is 13.2. The van der Waals surface area contributed by atoms with Gasteiger partial charge in [-0.05, 0) is 49.4 Å². The maximum atomic E-state index is 13.1. The van der Waals surface area contributed by atoms with Crippen molar-refractivity contribution in [2.75, 3.05) is 39.6 Å². The van der Waals surface area contributed by atoms with Crippen LogP contribution in [0.25, 0.3) is 0 Å². The van der Waals surface area contributed by atoms with Crippen molar-refractivity contribution in [1.29, 1.82) is 0 Å². The molecule has 17 nitrogen and oxygen atoms in total. The van der Waals surface area contributed by atoms with Gasteiger partial charge in [0.1, 0.15) is 19.3 Å². The van der Waals surface area contributed by atoms with Crippen LogP contribution in [0.1, 0.15) is 389 Å². The van der Waals surface area contributed by atoms with Crippen LogP contribution in [0.15, 0.2) is 0 Å². The van der Waals surface area contributed by atoms with Crippen LogP contribution in [0.3, 0.4) is 0 Å². The first-order valence-corrected chi connectivity index (χ1v) is 42.8. The molecule has 0 rings (SSSR count). The fraction of sp³-hybridized carbons (Fsp3) is 0.948. The molecule has 0 aromatic rings. The Kier molecular flexibility index (Phi) is 65.0. The van der Waals surface area contributed by atoms with Crippen molar-refractivity contribution in [3.8, 4) is 0 Å². The number of ether oxygens (including phenoxy) is 4. The second-order valence-electron chi connectivity index (χ2n) is 29.2. The molecule has 7 atom stereocenters. The Balaban J connectivity index is 5.22. The predicted molar refractivity (Wildman–Crippen MR) is 391 cm³/mol. The van der Waals surface area contributed by atoms with Crippen LogP contribution in [0.5, 0.6) is 0 Å². The lowest BCUT2D eigenvalue weighted by atomic mass is 10.00. The summed E-state index contributed by atoms with van der Waals surface area (Å²) in [4.78, 5) is 72.8. The van der Waals surface area contributed by atoms with E-state index in [-0.39, 0.29) is 25.7 Å². The zero-order chi connectivity index (χ0) is 71.0. The Morgan fingerprint density at radius 2 is 0.500 bits per heavy atom. The summed E-state index contributed by atoms with van der Waals surface area (Å²) in [6.45, 7) is 14.2. The zero-order valence-corrected chi connectivity index (χ0v) is 64.8. The molecule has 0 aliphatic heterocycles. The third-order valence-corrected chi connectivity index (χ3v) is 20.4. The number of aliphatic hydroxyl groups excluding tert-OH is 1. The Hall–Kier alpha value is -1.94. The average molecular weight is 1410 g/mol. The van der Waals surface area contributed by atoms with E-state index in [2.05, 4.69) is 55.4 Å². The molecule has 0 amide bonds. The summed E-state index contributed by atoms with van der Waals surface area (Å²) in [6.07, 6.45) is 51.5. The van der Waals surface area contributed by atoms with Crippen LogP contribution in [0.2, 0.25) is 0 Å². The molecule has 570 valence electrons. The van der Waals surface area contributed by atoms with Crippen molar-refractivity contribution in [2.24, 2.45) is 23.7 Å². The second kappa shape index (κ2) is 66.3. The molecule has 0 aromatic heterocycles. The van der Waals surface area contributed by atoms with Gasteiger partial charge in [0, 0.05) is 25.7 Å². The first-order chi connectivity index (χ1) is 46.2. The van der Waals surface area contributed by atoms with Crippen LogP contribution in [-0.2, 0) is 65.4 Å². The smallest absolute Gasteiger partial charge is 0.462 e. The number of phosphoric acid groups is 2. The minimum Gasteiger partial charge on any atom is -0.462 e. The molecular formula is C77H150O17P2. The first kappa shape index (κ1) is 94.1. The van der Waals surface area contributed by atoms with E-state index in [1.165, 1.54) is 186 Å². The summed E-state index contributed by atoms with van der Waals surface area (Å²) < 4.78 is 68.5. The molecule has 0 spiro atoms. The van der Waals surface area contributed by atoms with E-state index in [9.17, 15) is 43.2 Å². The van der Waals surface area contributed by atoms with Gasteiger partial charge in [0.2, 0.25) is 0 Å². The van der Waals surface area contributed by atoms with Gasteiger partial charge in [-0.2, -0.15) is 0 Å². The third-order valence-electron chi connectivity index (χ3n) is 18.5. The lowest BCUT2D eigenvalue weighted by molar-refractivity contribution is -0.161. The van der Waals surface area contributed by atoms with E-state index in [1.807, 2.05) is 0 Å². The maximum absolute atomic E-state index is 13.1. The third kappa shape index (κ3) is 67.9. The van der Waals surface area contributed by atoms with Gasteiger partial charge in [-0.25, -0.2) is 9.13 Å². The first-order valence-electron chi connectivity index (χ1n) is 39.8. The van der Waals surface area contributed by atoms with Gasteiger partial charge in [0.05, 0.1) is 26.4 Å². The van der Waals surface area contributed by atoms with Crippen LogP contribution < -0.4 is 0 Å². The largest absolute Gasteiger partial charge is 0.472 e. The number of hydrogen-bond donors (Lipinski definition) is 3. The van der Waals surface area contributed by atoms with Gasteiger partial charge in [-0.1, -0.05) is 338 Å². The highest BCUT2D eigenvalue weighted by Gasteiger charge is 2.30. The molecular weight excluding hydrogens is 1260 g/mol. The summed E-state index contributed by atoms with van der Waals surface area (Å²) >= 11 is 0. The highest BCUT2D eigenvalue weighted by Crippen LogP contribution is 2.45. The number of hydrogen-bond acceptors (Lipinski definition) is 15. The van der Waals surface area contributed by atoms with E-state index >= 15 is 0 Å². The van der Waals surface area contributed by atoms with Crippen molar-refractivity contribution in [3.63, 3.8) is 0 Å². The van der Waals surface area contributed by atoms with Gasteiger partial charge in [0.25, 0.3) is 0 Å². The summed E-state index contributed by atoms with van der Waals surface area (Å²) in [5.41, 5.74) is 0. The summed E-state index contributed by atoms with van der Waals surface area (Å²) in [5.74, 6) is 0.935. The number of phosphoric ester groups is 2. The molecule has 96 heavy (non-hydrogen) atoms. The van der Waals surface area contributed by atoms with Crippen LogP contribution >= 0.6 is 15.6 Å². The summed E-state index contributed by atoms with van der Waals surface area (Å²) in [6, 6.07) is 0. The predicted octanol–water partition coefficient (Wildman–Crippen LogP) is 22.4. The van der Waals surface area contributed by atoms with E-state index in [0.717, 1.165) is 120 Å². The molecule has 0 aliphatic carbocycles. The molecule has 4 unspecified atom stereocenters. The Morgan fingerprint density at radius 3 is 0.740 bits per heavy atom. The van der Waals surface area contributed by atoms with E-state index < -0.39 is 97.5 Å². The molecule has 0 saturated carbocycles. The van der Waals surface area contributed by atoms with Crippen LogP contribution in [-0.4, -0.2) is 96.7 Å². The molecule has 0 aliphatic rings. The quantitative estimate of drug-likeness (QED) is 0.0222. The van der Waals surface area contributed by atoms with Gasteiger partial charge in [-0.3, -0.25) is 37.3 Å². The number of carbonyl (C=O) groups excluding carboxylic acids is 4. The molecule has 0 radical (unpaired) electrons. The summed E-state index contributed by atoms with van der Waals surface area (Å²) in [7, 11) is -9.91. The fourth-order valence-electron chi connectivity index (χ4n) is 11.7. The number of esters is 4. The summed E-state index contributed by atoms with van der Waals surface area (Å²) in [5, 5.41) is 10.6. The normalized spacial score (nSPS) is 14.7. The second-order valence-corrected chi connectivity index (χ2v) is 32.1. The number of carbonyl (C=O) groups is 4. The van der Waals surface area contributed by atoms with Crippen molar-refractivity contribution >= 4 is 39.5 Å². The molecule has 3 N–H and O–H groups in total. The van der Waals surface area contributed by atoms with Crippen molar-refractivity contribution in [2.45, 2.75) is 408 Å². The molecule has 0 bridgehead atoms. The monoisotopic (exact) mass is 1410 g/mol. The molecule has 19 heteroatoms. The number of aliphatic hydroxyl groups is 1. The van der Waals surface area contributed by atoms with E-state index in [4.69, 9.17) is 37.0 Å². The Labute approximate surface area is 588 Å². The topological polar surface area (TPSA) is 237 Å². The molecule has 0 saturated heterocycles. The average Bonchev–Trinajstić information content (AvgIpc) is 2.21. The van der Waals surface area contributed by atoms with Gasteiger partial charge < -0.3 is 33.8 Å². The Bertz CT molecular complexity index is 1890. The molecule has 0 fully saturated rings. The van der Waals surface area contributed by atoms with Gasteiger partial charge >= 0.3 is 39.5 Å². The van der Waals surface area contributed by atoms with Crippen LogP contribution in [0, 0.1) is 23.7 Å². The Morgan fingerprint density at radius 1 is 0.292 bits per heavy atom. The molecule has 0 aromatic carbocycles. The zero-order valence-electron chi connectivity index (χ0n) is 63.0. The van der Waals surface area contributed by atoms with Crippen molar-refractivity contribution < 1.29 is 80.2 Å². The van der Waals surface area contributed by atoms with E-state index in [0.29, 0.717) is 25.7 Å². The maximum Gasteiger partial charge on any atom is 0.472 e. The van der Waals surface area contributed by atoms with Crippen molar-refractivity contribution in [3.05, 3.63) is 0 Å². The highest BCUT2D eigenvalue weighted by molar-refractivity contribution is 7.47. The standard InChI is InChI=1S/C77H150O17P2/c1-9-69(7)55-47-39-33-35-42-50-58-75(80)88-64-73(94-77(82)60-52-44-36-34-40-48-56-70(8)10-2)66-92-96(85,86)90-62-71(78)61-89-95(83,84)91-65-72(93-76(81)59-51-43-32-28-24-20-16-15-18-22-26-30-38-46-54-68(5)6)63-87-74(79)57-49-41-31-27-23-19-14-12-11-13-17-21-25-29-37-45-53-67(3)4/h67-73,78H,9-66H2,1-8H3,(H,83,84)(H,85,86)/t69?,70?,71-,72-,73-/m1/s1. The van der Waals surface area contributed by atoms with E-state index in [1.54, 1.807) is 0 Å². The van der Waals surface area contributed by atoms with Crippen LogP contribution in [0.4, 0.5) is 0 Å². The number of unbranched alkanes of at least 4 members (excludes halogenated alkanes) is 38. The lowest BCUT2D eigenvalue weighted by Crippen LogP contribution is -2.30. The van der Waals surface area contributed by atoms with Gasteiger partial charge in [0.15, 0.2) is 12.2 Å². The minimum atomic E-state index is -4.96. The minimum absolute atomic E-state index is 0.102. The van der Waals surface area contributed by atoms with Crippen molar-refractivity contribution in [1.82, 2.24) is 0 Å². The molecule has 0 heterocycles.